The molecule has 1 heterocycles. The molecule has 0 amide bonds. The zero-order chi connectivity index (χ0) is 11.4. The van der Waals surface area contributed by atoms with Crippen LogP contribution in [0.3, 0.4) is 0 Å². The van der Waals surface area contributed by atoms with Crippen LogP contribution in [0.15, 0.2) is 0 Å². The molecule has 1 atom stereocenters. The lowest BCUT2D eigenvalue weighted by Crippen LogP contribution is -2.44. The average molecular weight is 244 g/mol. The lowest BCUT2D eigenvalue weighted by molar-refractivity contribution is -0.140. The molecule has 2 aliphatic rings. The van der Waals surface area contributed by atoms with Gasteiger partial charge >= 0.3 is 5.97 Å². The van der Waals surface area contributed by atoms with Gasteiger partial charge in [0.2, 0.25) is 0 Å². The van der Waals surface area contributed by atoms with Crippen molar-refractivity contribution in [3.63, 3.8) is 0 Å². The standard InChI is InChI=1S/C11H20N2O2S/c14-11(15)10(9-1-2-9)12-3-4-13-5-7-16-8-6-13/h9-10,12H,1-8H2,(H,14,15). The van der Waals surface area contributed by atoms with Gasteiger partial charge < -0.3 is 15.3 Å². The Labute approximate surface area is 101 Å². The number of aliphatic carboxylic acids is 1. The van der Waals surface area contributed by atoms with Crippen LogP contribution in [0.2, 0.25) is 0 Å². The highest BCUT2D eigenvalue weighted by molar-refractivity contribution is 7.99. The van der Waals surface area contributed by atoms with E-state index in [0.29, 0.717) is 5.92 Å². The molecule has 1 aliphatic carbocycles. The molecule has 2 rings (SSSR count). The monoisotopic (exact) mass is 244 g/mol. The van der Waals surface area contributed by atoms with E-state index < -0.39 is 5.97 Å². The van der Waals surface area contributed by atoms with Crippen molar-refractivity contribution in [3.8, 4) is 0 Å². The first-order chi connectivity index (χ1) is 7.77. The normalized spacial score (nSPS) is 24.2. The van der Waals surface area contributed by atoms with Crippen molar-refractivity contribution >= 4 is 17.7 Å². The van der Waals surface area contributed by atoms with Gasteiger partial charge in [0.05, 0.1) is 0 Å². The van der Waals surface area contributed by atoms with Gasteiger partial charge in [-0.25, -0.2) is 0 Å². The molecule has 0 bridgehead atoms. The minimum Gasteiger partial charge on any atom is -0.480 e. The number of hydrogen-bond acceptors (Lipinski definition) is 4. The smallest absolute Gasteiger partial charge is 0.320 e. The fourth-order valence-electron chi connectivity index (χ4n) is 2.09. The predicted molar refractivity (Wildman–Crippen MR) is 65.9 cm³/mol. The van der Waals surface area contributed by atoms with Crippen molar-refractivity contribution in [1.29, 1.82) is 0 Å². The Morgan fingerprint density at radius 2 is 2.12 bits per heavy atom. The predicted octanol–water partition coefficient (Wildman–Crippen LogP) is 0.488. The van der Waals surface area contributed by atoms with Crippen molar-refractivity contribution in [3.05, 3.63) is 0 Å². The van der Waals surface area contributed by atoms with Crippen molar-refractivity contribution in [1.82, 2.24) is 10.2 Å². The number of hydrogen-bond donors (Lipinski definition) is 2. The summed E-state index contributed by atoms with van der Waals surface area (Å²) in [5.74, 6) is 2.13. The summed E-state index contributed by atoms with van der Waals surface area (Å²) in [6.07, 6.45) is 2.15. The highest BCUT2D eigenvalue weighted by Gasteiger charge is 2.35. The van der Waals surface area contributed by atoms with Crippen LogP contribution >= 0.6 is 11.8 Å². The minimum absolute atomic E-state index is 0.306. The molecule has 4 nitrogen and oxygen atoms in total. The van der Waals surface area contributed by atoms with Gasteiger partial charge in [-0.1, -0.05) is 0 Å². The summed E-state index contributed by atoms with van der Waals surface area (Å²) in [5.41, 5.74) is 0. The number of nitrogens with one attached hydrogen (secondary N) is 1. The van der Waals surface area contributed by atoms with E-state index in [9.17, 15) is 4.79 Å². The van der Waals surface area contributed by atoms with Gasteiger partial charge in [0, 0.05) is 37.7 Å². The molecule has 0 radical (unpaired) electrons. The van der Waals surface area contributed by atoms with E-state index in [2.05, 4.69) is 10.2 Å². The topological polar surface area (TPSA) is 52.6 Å². The molecule has 2 N–H and O–H groups in total. The molecule has 92 valence electrons. The van der Waals surface area contributed by atoms with Crippen LogP contribution in [0.1, 0.15) is 12.8 Å². The summed E-state index contributed by atoms with van der Waals surface area (Å²) in [6, 6.07) is -0.306. The first-order valence-electron chi connectivity index (χ1n) is 6.03. The van der Waals surface area contributed by atoms with Crippen LogP contribution in [-0.2, 0) is 4.79 Å². The van der Waals surface area contributed by atoms with Gasteiger partial charge in [-0.05, 0) is 18.8 Å². The Morgan fingerprint density at radius 3 is 2.69 bits per heavy atom. The molecule has 0 aromatic heterocycles. The average Bonchev–Trinajstić information content (AvgIpc) is 3.09. The Hall–Kier alpha value is -0.260. The third-order valence-corrected chi connectivity index (χ3v) is 4.20. The van der Waals surface area contributed by atoms with E-state index in [1.165, 1.54) is 11.5 Å². The molecule has 1 saturated carbocycles. The largest absolute Gasteiger partial charge is 0.480 e. The van der Waals surface area contributed by atoms with Crippen LogP contribution in [0, 0.1) is 5.92 Å². The van der Waals surface area contributed by atoms with Gasteiger partial charge in [0.15, 0.2) is 0 Å². The zero-order valence-electron chi connectivity index (χ0n) is 9.52. The van der Waals surface area contributed by atoms with E-state index >= 15 is 0 Å². The molecule has 0 aromatic rings. The van der Waals surface area contributed by atoms with Crippen molar-refractivity contribution in [2.75, 3.05) is 37.7 Å². The maximum Gasteiger partial charge on any atom is 0.320 e. The molecule has 1 saturated heterocycles. The van der Waals surface area contributed by atoms with Crippen LogP contribution in [0.25, 0.3) is 0 Å². The molecular formula is C11H20N2O2S. The molecule has 0 aromatic carbocycles. The van der Waals surface area contributed by atoms with E-state index in [-0.39, 0.29) is 6.04 Å². The highest BCUT2D eigenvalue weighted by atomic mass is 32.2. The van der Waals surface area contributed by atoms with Gasteiger partial charge in [-0.3, -0.25) is 4.79 Å². The Bertz CT molecular complexity index is 240. The Balaban J connectivity index is 1.63. The second-order valence-corrected chi connectivity index (χ2v) is 5.79. The summed E-state index contributed by atoms with van der Waals surface area (Å²) in [7, 11) is 0. The lowest BCUT2D eigenvalue weighted by atomic mass is 10.2. The third kappa shape index (κ3) is 3.64. The van der Waals surface area contributed by atoms with Crippen molar-refractivity contribution in [2.45, 2.75) is 18.9 Å². The van der Waals surface area contributed by atoms with E-state index in [1.54, 1.807) is 0 Å². The summed E-state index contributed by atoms with van der Waals surface area (Å²) in [4.78, 5) is 13.4. The van der Waals surface area contributed by atoms with E-state index in [1.807, 2.05) is 11.8 Å². The van der Waals surface area contributed by atoms with Gasteiger partial charge in [-0.2, -0.15) is 11.8 Å². The molecule has 16 heavy (non-hydrogen) atoms. The molecule has 2 fully saturated rings. The summed E-state index contributed by atoms with van der Waals surface area (Å²) in [5, 5.41) is 12.2. The van der Waals surface area contributed by atoms with Gasteiger partial charge in [0.1, 0.15) is 6.04 Å². The van der Waals surface area contributed by atoms with Crippen LogP contribution in [0.4, 0.5) is 0 Å². The third-order valence-electron chi connectivity index (χ3n) is 3.26. The Kier molecular flexibility index (Phi) is 4.49. The molecule has 0 spiro atoms. The van der Waals surface area contributed by atoms with Crippen LogP contribution in [0.5, 0.6) is 0 Å². The molecule has 1 unspecified atom stereocenters. The van der Waals surface area contributed by atoms with Gasteiger partial charge in [-0.15, -0.1) is 0 Å². The summed E-state index contributed by atoms with van der Waals surface area (Å²) < 4.78 is 0. The Morgan fingerprint density at radius 1 is 1.44 bits per heavy atom. The minimum atomic E-state index is -0.684. The number of carboxylic acids is 1. The van der Waals surface area contributed by atoms with E-state index in [4.69, 9.17) is 5.11 Å². The van der Waals surface area contributed by atoms with Crippen LogP contribution < -0.4 is 5.32 Å². The van der Waals surface area contributed by atoms with Gasteiger partial charge in [0.25, 0.3) is 0 Å². The quantitative estimate of drug-likeness (QED) is 0.712. The fraction of sp³-hybridized carbons (Fsp3) is 0.909. The second kappa shape index (κ2) is 5.89. The first kappa shape index (κ1) is 12.2. The lowest BCUT2D eigenvalue weighted by Gasteiger charge is -2.26. The molecular weight excluding hydrogens is 224 g/mol. The van der Waals surface area contributed by atoms with Crippen molar-refractivity contribution < 1.29 is 9.90 Å². The zero-order valence-corrected chi connectivity index (χ0v) is 10.3. The number of thioether (sulfide) groups is 1. The fourth-order valence-corrected chi connectivity index (χ4v) is 3.07. The maximum absolute atomic E-state index is 11.0. The second-order valence-electron chi connectivity index (χ2n) is 4.56. The SMILES string of the molecule is O=C(O)C(NCCN1CCSCC1)C1CC1. The number of rotatable bonds is 6. The molecule has 5 heteroatoms. The summed E-state index contributed by atoms with van der Waals surface area (Å²) in [6.45, 7) is 4.08. The number of carboxylic acid groups (broad SMARTS) is 1. The maximum atomic E-state index is 11.0. The number of carbonyl (C=O) groups is 1. The highest BCUT2D eigenvalue weighted by Crippen LogP contribution is 2.32. The summed E-state index contributed by atoms with van der Waals surface area (Å²) >= 11 is 2.00. The van der Waals surface area contributed by atoms with Crippen molar-refractivity contribution in [2.24, 2.45) is 5.92 Å². The molecule has 1 aliphatic heterocycles. The van der Waals surface area contributed by atoms with Crippen LogP contribution in [-0.4, -0.2) is 59.7 Å². The van der Waals surface area contributed by atoms with E-state index in [0.717, 1.165) is 39.0 Å². The first-order valence-corrected chi connectivity index (χ1v) is 7.19. The number of nitrogens with zero attached hydrogens (tertiary/aromatic N) is 1.